The van der Waals surface area contributed by atoms with Crippen LogP contribution in [-0.2, 0) is 9.22 Å². The zero-order valence-electron chi connectivity index (χ0n) is 15.4. The van der Waals surface area contributed by atoms with Gasteiger partial charge in [-0.25, -0.2) is 4.79 Å². The molecule has 2 rings (SSSR count). The zero-order chi connectivity index (χ0) is 19.0. The van der Waals surface area contributed by atoms with Crippen LogP contribution in [0.2, 0.25) is 18.1 Å². The summed E-state index contributed by atoms with van der Waals surface area (Å²) in [5.74, 6) is -1.09. The number of aromatic nitrogens is 1. The highest BCUT2D eigenvalue weighted by molar-refractivity contribution is 6.74. The maximum Gasteiger partial charge on any atom is 0.329 e. The molecule has 25 heavy (non-hydrogen) atoms. The zero-order valence-corrected chi connectivity index (χ0v) is 16.4. The maximum absolute atomic E-state index is 12.7. The van der Waals surface area contributed by atoms with E-state index in [9.17, 15) is 14.7 Å². The molecule has 2 aromatic rings. The van der Waals surface area contributed by atoms with Crippen molar-refractivity contribution in [1.29, 1.82) is 0 Å². The van der Waals surface area contributed by atoms with E-state index in [0.29, 0.717) is 16.5 Å². The molecular formula is C18H26N2O4Si. The Morgan fingerprint density at radius 3 is 2.48 bits per heavy atom. The molecule has 1 aromatic carbocycles. The third kappa shape index (κ3) is 3.77. The lowest BCUT2D eigenvalue weighted by molar-refractivity contribution is -0.142. The first kappa shape index (κ1) is 19.2. The van der Waals surface area contributed by atoms with Gasteiger partial charge in [0.25, 0.3) is 5.56 Å². The SMILES string of the molecule is CC(C)(C)[Si](C)(C)OCC(C(=O)O)n1ccc2c(N)cccc2c1=O. The lowest BCUT2D eigenvalue weighted by Crippen LogP contribution is -2.44. The molecule has 1 aromatic heterocycles. The van der Waals surface area contributed by atoms with Crippen molar-refractivity contribution in [2.24, 2.45) is 0 Å². The van der Waals surface area contributed by atoms with Gasteiger partial charge in [-0.2, -0.15) is 0 Å². The normalized spacial score (nSPS) is 13.8. The van der Waals surface area contributed by atoms with Gasteiger partial charge in [0.05, 0.1) is 6.61 Å². The summed E-state index contributed by atoms with van der Waals surface area (Å²) < 4.78 is 7.26. The van der Waals surface area contributed by atoms with Crippen molar-refractivity contribution in [1.82, 2.24) is 4.57 Å². The summed E-state index contributed by atoms with van der Waals surface area (Å²) in [5.41, 5.74) is 6.00. The van der Waals surface area contributed by atoms with Crippen LogP contribution in [0.5, 0.6) is 0 Å². The third-order valence-electron chi connectivity index (χ3n) is 5.04. The van der Waals surface area contributed by atoms with Gasteiger partial charge < -0.3 is 15.3 Å². The summed E-state index contributed by atoms with van der Waals surface area (Å²) >= 11 is 0. The molecular weight excluding hydrogens is 336 g/mol. The number of carboxylic acid groups (broad SMARTS) is 1. The molecule has 1 heterocycles. The number of carboxylic acids is 1. The molecule has 7 heteroatoms. The highest BCUT2D eigenvalue weighted by Crippen LogP contribution is 2.37. The molecule has 136 valence electrons. The number of pyridine rings is 1. The summed E-state index contributed by atoms with van der Waals surface area (Å²) in [5, 5.41) is 10.6. The Labute approximate surface area is 148 Å². The van der Waals surface area contributed by atoms with Crippen LogP contribution >= 0.6 is 0 Å². The fourth-order valence-corrected chi connectivity index (χ4v) is 3.34. The quantitative estimate of drug-likeness (QED) is 0.629. The standard InChI is InChI=1S/C18H26N2O4Si/c1-18(2,3)25(4,5)24-11-15(17(22)23)20-10-9-12-13(16(20)21)7-6-8-14(12)19/h6-10,15H,11,19H2,1-5H3,(H,22,23). The van der Waals surface area contributed by atoms with E-state index in [1.165, 1.54) is 10.8 Å². The van der Waals surface area contributed by atoms with Crippen molar-refractivity contribution in [3.63, 3.8) is 0 Å². The minimum atomic E-state index is -2.13. The van der Waals surface area contributed by atoms with Crippen molar-refractivity contribution in [2.45, 2.75) is 44.9 Å². The number of fused-ring (bicyclic) bond motifs is 1. The van der Waals surface area contributed by atoms with Crippen molar-refractivity contribution in [3.05, 3.63) is 40.8 Å². The minimum Gasteiger partial charge on any atom is -0.480 e. The molecule has 0 aliphatic rings. The van der Waals surface area contributed by atoms with Gasteiger partial charge in [0, 0.05) is 22.7 Å². The Kier molecular flexibility index (Phi) is 5.11. The van der Waals surface area contributed by atoms with E-state index in [1.54, 1.807) is 24.3 Å². The molecule has 3 N–H and O–H groups in total. The number of rotatable bonds is 5. The van der Waals surface area contributed by atoms with E-state index >= 15 is 0 Å². The van der Waals surface area contributed by atoms with Crippen molar-refractivity contribution in [2.75, 3.05) is 12.3 Å². The monoisotopic (exact) mass is 362 g/mol. The molecule has 0 spiro atoms. The molecule has 0 fully saturated rings. The van der Waals surface area contributed by atoms with E-state index in [2.05, 4.69) is 33.9 Å². The number of hydrogen-bond donors (Lipinski definition) is 2. The summed E-state index contributed by atoms with van der Waals surface area (Å²) in [7, 11) is -2.13. The fraction of sp³-hybridized carbons (Fsp3) is 0.444. The highest BCUT2D eigenvalue weighted by Gasteiger charge is 2.38. The molecule has 6 nitrogen and oxygen atoms in total. The molecule has 0 aliphatic carbocycles. The van der Waals surface area contributed by atoms with Gasteiger partial charge in [0.15, 0.2) is 14.4 Å². The topological polar surface area (TPSA) is 94.6 Å². The van der Waals surface area contributed by atoms with Crippen molar-refractivity contribution >= 4 is 30.7 Å². The lowest BCUT2D eigenvalue weighted by Gasteiger charge is -2.37. The Morgan fingerprint density at radius 2 is 1.92 bits per heavy atom. The number of carbonyl (C=O) groups is 1. The van der Waals surface area contributed by atoms with E-state index in [1.807, 2.05) is 0 Å². The predicted octanol–water partition coefficient (Wildman–Crippen LogP) is 3.23. The fourth-order valence-electron chi connectivity index (χ4n) is 2.34. The second-order valence-corrected chi connectivity index (χ2v) is 12.6. The second-order valence-electron chi connectivity index (χ2n) is 7.76. The molecule has 0 radical (unpaired) electrons. The van der Waals surface area contributed by atoms with Gasteiger partial charge in [-0.05, 0) is 36.3 Å². The van der Waals surface area contributed by atoms with Crippen LogP contribution in [0.4, 0.5) is 5.69 Å². The van der Waals surface area contributed by atoms with Gasteiger partial charge in [-0.3, -0.25) is 9.36 Å². The number of nitrogens with zero attached hydrogens (tertiary/aromatic N) is 1. The molecule has 0 aliphatic heterocycles. The van der Waals surface area contributed by atoms with Crippen LogP contribution in [0.15, 0.2) is 35.3 Å². The van der Waals surface area contributed by atoms with E-state index in [0.717, 1.165) is 0 Å². The summed E-state index contributed by atoms with van der Waals surface area (Å²) in [6, 6.07) is 5.64. The Hall–Kier alpha value is -2.12. The number of aliphatic carboxylic acids is 1. The molecule has 1 atom stereocenters. The van der Waals surface area contributed by atoms with Gasteiger partial charge in [0.1, 0.15) is 0 Å². The summed E-state index contributed by atoms with van der Waals surface area (Å²) in [4.78, 5) is 24.5. The van der Waals surface area contributed by atoms with Crippen LogP contribution in [0, 0.1) is 0 Å². The lowest BCUT2D eigenvalue weighted by atomic mass is 10.1. The number of nitrogens with two attached hydrogens (primary N) is 1. The predicted molar refractivity (Wildman–Crippen MR) is 102 cm³/mol. The van der Waals surface area contributed by atoms with Crippen molar-refractivity contribution < 1.29 is 14.3 Å². The van der Waals surface area contributed by atoms with Gasteiger partial charge in [-0.1, -0.05) is 26.8 Å². The first-order valence-electron chi connectivity index (χ1n) is 8.22. The molecule has 0 saturated heterocycles. The van der Waals surface area contributed by atoms with Gasteiger partial charge in [-0.15, -0.1) is 0 Å². The largest absolute Gasteiger partial charge is 0.480 e. The Balaban J connectivity index is 2.42. The number of benzene rings is 1. The van der Waals surface area contributed by atoms with Crippen LogP contribution in [0.25, 0.3) is 10.8 Å². The minimum absolute atomic E-state index is 0.0421. The molecule has 0 saturated carbocycles. The average Bonchev–Trinajstić information content (AvgIpc) is 2.48. The first-order valence-corrected chi connectivity index (χ1v) is 11.1. The second kappa shape index (κ2) is 6.65. The van der Waals surface area contributed by atoms with Crippen LogP contribution < -0.4 is 11.3 Å². The molecule has 0 bridgehead atoms. The summed E-state index contributed by atoms with van der Waals surface area (Å²) in [6.07, 6.45) is 1.48. The number of anilines is 1. The van der Waals surface area contributed by atoms with Crippen molar-refractivity contribution in [3.8, 4) is 0 Å². The van der Waals surface area contributed by atoms with Crippen LogP contribution in [0.1, 0.15) is 26.8 Å². The van der Waals surface area contributed by atoms with E-state index in [-0.39, 0.29) is 17.2 Å². The average molecular weight is 363 g/mol. The van der Waals surface area contributed by atoms with E-state index < -0.39 is 20.3 Å². The Morgan fingerprint density at radius 1 is 1.28 bits per heavy atom. The summed E-state index contributed by atoms with van der Waals surface area (Å²) in [6.45, 7) is 10.3. The smallest absolute Gasteiger partial charge is 0.329 e. The first-order chi connectivity index (χ1) is 11.5. The molecule has 0 amide bonds. The number of hydrogen-bond acceptors (Lipinski definition) is 4. The maximum atomic E-state index is 12.7. The van der Waals surface area contributed by atoms with Gasteiger partial charge >= 0.3 is 5.97 Å². The van der Waals surface area contributed by atoms with Crippen LogP contribution in [-0.4, -0.2) is 30.6 Å². The van der Waals surface area contributed by atoms with E-state index in [4.69, 9.17) is 10.2 Å². The van der Waals surface area contributed by atoms with Gasteiger partial charge in [0.2, 0.25) is 0 Å². The van der Waals surface area contributed by atoms with Crippen LogP contribution in [0.3, 0.4) is 0 Å². The highest BCUT2D eigenvalue weighted by atomic mass is 28.4. The number of nitrogen functional groups attached to an aromatic ring is 1. The molecule has 1 unspecified atom stereocenters. The third-order valence-corrected chi connectivity index (χ3v) is 9.54. The Bertz CT molecular complexity index is 852.